The molecule has 0 heterocycles. The fourth-order valence-electron chi connectivity index (χ4n) is 2.34. The molecule has 8 nitrogen and oxygen atoms in total. The van der Waals surface area contributed by atoms with Gasteiger partial charge in [-0.25, -0.2) is 8.42 Å². The molecule has 0 fully saturated rings. The molecule has 0 bridgehead atoms. The van der Waals surface area contributed by atoms with Crippen molar-refractivity contribution in [2.24, 2.45) is 0 Å². The Hall–Kier alpha value is -3.22. The maximum Gasteiger partial charge on any atom is 0.321 e. The number of carbonyl (C=O) groups is 2. The smallest absolute Gasteiger partial charge is 0.321 e. The van der Waals surface area contributed by atoms with E-state index in [1.165, 1.54) is 38.3 Å². The Morgan fingerprint density at radius 1 is 1.18 bits per heavy atom. The average Bonchev–Trinajstić information content (AvgIpc) is 2.70. The summed E-state index contributed by atoms with van der Waals surface area (Å²) in [6, 6.07) is 12.1. The van der Waals surface area contributed by atoms with E-state index in [1.807, 2.05) is 0 Å². The van der Waals surface area contributed by atoms with Crippen LogP contribution in [0.15, 0.2) is 47.4 Å². The summed E-state index contributed by atoms with van der Waals surface area (Å²) in [6.45, 7) is 0.599. The number of ketones is 1. The minimum atomic E-state index is -4.05. The predicted molar refractivity (Wildman–Crippen MR) is 99.1 cm³/mol. The average molecular weight is 402 g/mol. The van der Waals surface area contributed by atoms with Crippen molar-refractivity contribution < 1.29 is 27.5 Å². The lowest BCUT2D eigenvalue weighted by Gasteiger charge is -2.11. The SMILES string of the molecule is COc1ccc(C(C)=O)cc1COC(=O)CNS(=O)(=O)c1ccccc1C#N. The lowest BCUT2D eigenvalue weighted by molar-refractivity contribution is -0.143. The second-order valence-electron chi connectivity index (χ2n) is 5.68. The van der Waals surface area contributed by atoms with Gasteiger partial charge in [0.1, 0.15) is 25.0 Å². The molecule has 0 aromatic heterocycles. The molecule has 0 saturated heterocycles. The number of esters is 1. The molecule has 0 atom stereocenters. The molecule has 0 aliphatic heterocycles. The first-order valence-electron chi connectivity index (χ1n) is 8.10. The fourth-order valence-corrected chi connectivity index (χ4v) is 3.47. The van der Waals surface area contributed by atoms with E-state index in [1.54, 1.807) is 24.3 Å². The van der Waals surface area contributed by atoms with E-state index in [-0.39, 0.29) is 22.8 Å². The van der Waals surface area contributed by atoms with Gasteiger partial charge in [0, 0.05) is 11.1 Å². The minimum absolute atomic E-state index is 0.0332. The molecule has 0 saturated carbocycles. The van der Waals surface area contributed by atoms with Crippen LogP contribution in [0.3, 0.4) is 0 Å². The number of ether oxygens (including phenoxy) is 2. The largest absolute Gasteiger partial charge is 0.496 e. The third kappa shape index (κ3) is 5.16. The molecule has 0 aliphatic rings. The molecule has 0 aliphatic carbocycles. The lowest BCUT2D eigenvalue weighted by Crippen LogP contribution is -2.31. The Bertz CT molecular complexity index is 1040. The van der Waals surface area contributed by atoms with Gasteiger partial charge in [0.05, 0.1) is 17.6 Å². The molecule has 146 valence electrons. The van der Waals surface area contributed by atoms with Gasteiger partial charge in [0.15, 0.2) is 5.78 Å². The minimum Gasteiger partial charge on any atom is -0.496 e. The van der Waals surface area contributed by atoms with Gasteiger partial charge in [0.25, 0.3) is 0 Å². The molecule has 0 radical (unpaired) electrons. The predicted octanol–water partition coefficient (Wildman–Crippen LogP) is 1.79. The van der Waals surface area contributed by atoms with Crippen molar-refractivity contribution in [2.75, 3.05) is 13.7 Å². The Balaban J connectivity index is 2.03. The van der Waals surface area contributed by atoms with Gasteiger partial charge in [-0.3, -0.25) is 9.59 Å². The van der Waals surface area contributed by atoms with Gasteiger partial charge in [-0.05, 0) is 37.3 Å². The third-order valence-electron chi connectivity index (χ3n) is 3.78. The van der Waals surface area contributed by atoms with E-state index in [4.69, 9.17) is 14.7 Å². The van der Waals surface area contributed by atoms with Crippen molar-refractivity contribution in [3.8, 4) is 11.8 Å². The van der Waals surface area contributed by atoms with Crippen molar-refractivity contribution in [3.05, 3.63) is 59.2 Å². The van der Waals surface area contributed by atoms with E-state index in [0.29, 0.717) is 16.9 Å². The quantitative estimate of drug-likeness (QED) is 0.527. The number of Topliss-reactive ketones (excluding diaryl/α,β-unsaturated/α-hetero) is 1. The first kappa shape index (κ1) is 21.1. The van der Waals surface area contributed by atoms with Gasteiger partial charge in [-0.15, -0.1) is 0 Å². The van der Waals surface area contributed by atoms with Crippen molar-refractivity contribution in [2.45, 2.75) is 18.4 Å². The van der Waals surface area contributed by atoms with E-state index in [0.717, 1.165) is 0 Å². The molecule has 9 heteroatoms. The normalized spacial score (nSPS) is 10.8. The Morgan fingerprint density at radius 2 is 1.89 bits per heavy atom. The number of nitrogens with one attached hydrogen (secondary N) is 1. The van der Waals surface area contributed by atoms with Crippen LogP contribution in [-0.2, 0) is 26.2 Å². The zero-order valence-corrected chi connectivity index (χ0v) is 16.1. The van der Waals surface area contributed by atoms with Crippen LogP contribution in [0, 0.1) is 11.3 Å². The number of nitriles is 1. The summed E-state index contributed by atoms with van der Waals surface area (Å²) in [6.07, 6.45) is 0. The van der Waals surface area contributed by atoms with Crippen LogP contribution in [-0.4, -0.2) is 33.8 Å². The summed E-state index contributed by atoms with van der Waals surface area (Å²) in [7, 11) is -2.62. The highest BCUT2D eigenvalue weighted by molar-refractivity contribution is 7.89. The van der Waals surface area contributed by atoms with Crippen LogP contribution in [0.4, 0.5) is 0 Å². The fraction of sp³-hybridized carbons (Fsp3) is 0.211. The lowest BCUT2D eigenvalue weighted by atomic mass is 10.1. The molecule has 28 heavy (non-hydrogen) atoms. The maximum absolute atomic E-state index is 12.3. The monoisotopic (exact) mass is 402 g/mol. The standard InChI is InChI=1S/C19H18N2O6S/c1-13(22)14-7-8-17(26-2)16(9-14)12-27-19(23)11-21-28(24,25)18-6-4-3-5-15(18)10-20/h3-9,21H,11-12H2,1-2H3. The summed E-state index contributed by atoms with van der Waals surface area (Å²) in [5.74, 6) is -0.547. The number of methoxy groups -OCH3 is 1. The van der Waals surface area contributed by atoms with Crippen LogP contribution in [0.2, 0.25) is 0 Å². The molecule has 0 spiro atoms. The second kappa shape index (κ2) is 9.12. The zero-order chi connectivity index (χ0) is 20.7. The number of hydrogen-bond acceptors (Lipinski definition) is 7. The summed E-state index contributed by atoms with van der Waals surface area (Å²) in [4.78, 5) is 23.2. The van der Waals surface area contributed by atoms with Crippen LogP contribution < -0.4 is 9.46 Å². The molecule has 0 unspecified atom stereocenters. The van der Waals surface area contributed by atoms with Crippen molar-refractivity contribution in [1.29, 1.82) is 5.26 Å². The molecular formula is C19H18N2O6S. The summed E-state index contributed by atoms with van der Waals surface area (Å²) < 4.78 is 36.9. The van der Waals surface area contributed by atoms with Crippen molar-refractivity contribution in [1.82, 2.24) is 4.72 Å². The zero-order valence-electron chi connectivity index (χ0n) is 15.3. The Kier molecular flexibility index (Phi) is 6.87. The van der Waals surface area contributed by atoms with Crippen LogP contribution in [0.1, 0.15) is 28.4 Å². The molecule has 1 N–H and O–H groups in total. The van der Waals surface area contributed by atoms with E-state index in [2.05, 4.69) is 4.72 Å². The van der Waals surface area contributed by atoms with Crippen LogP contribution >= 0.6 is 0 Å². The molecular weight excluding hydrogens is 384 g/mol. The second-order valence-corrected chi connectivity index (χ2v) is 7.41. The van der Waals surface area contributed by atoms with E-state index < -0.39 is 22.5 Å². The number of carbonyl (C=O) groups excluding carboxylic acids is 2. The summed E-state index contributed by atoms with van der Waals surface area (Å²) in [5, 5.41) is 9.01. The highest BCUT2D eigenvalue weighted by atomic mass is 32.2. The van der Waals surface area contributed by atoms with Crippen LogP contribution in [0.25, 0.3) is 0 Å². The topological polar surface area (TPSA) is 123 Å². The van der Waals surface area contributed by atoms with Gasteiger partial charge in [-0.2, -0.15) is 9.98 Å². The van der Waals surface area contributed by atoms with Gasteiger partial charge < -0.3 is 9.47 Å². The third-order valence-corrected chi connectivity index (χ3v) is 5.24. The summed E-state index contributed by atoms with van der Waals surface area (Å²) >= 11 is 0. The van der Waals surface area contributed by atoms with E-state index in [9.17, 15) is 18.0 Å². The Morgan fingerprint density at radius 3 is 2.54 bits per heavy atom. The highest BCUT2D eigenvalue weighted by Crippen LogP contribution is 2.21. The maximum atomic E-state index is 12.3. The van der Waals surface area contributed by atoms with Crippen molar-refractivity contribution in [3.63, 3.8) is 0 Å². The number of nitrogens with zero attached hydrogens (tertiary/aromatic N) is 1. The Labute approximate surface area is 162 Å². The van der Waals surface area contributed by atoms with Gasteiger partial charge in [0.2, 0.25) is 10.0 Å². The number of hydrogen-bond donors (Lipinski definition) is 1. The molecule has 2 rings (SSSR count). The van der Waals surface area contributed by atoms with Gasteiger partial charge >= 0.3 is 5.97 Å². The first-order chi connectivity index (χ1) is 13.3. The van der Waals surface area contributed by atoms with Crippen molar-refractivity contribution >= 4 is 21.8 Å². The number of benzene rings is 2. The number of sulfonamides is 1. The number of rotatable bonds is 8. The van der Waals surface area contributed by atoms with E-state index >= 15 is 0 Å². The molecule has 2 aromatic rings. The highest BCUT2D eigenvalue weighted by Gasteiger charge is 2.20. The molecule has 2 aromatic carbocycles. The van der Waals surface area contributed by atoms with Gasteiger partial charge in [-0.1, -0.05) is 12.1 Å². The first-order valence-corrected chi connectivity index (χ1v) is 9.59. The summed E-state index contributed by atoms with van der Waals surface area (Å²) in [5.41, 5.74) is 0.871. The molecule has 0 amide bonds. The van der Waals surface area contributed by atoms with Crippen LogP contribution in [0.5, 0.6) is 5.75 Å².